The predicted molar refractivity (Wildman–Crippen MR) is 166 cm³/mol. The van der Waals surface area contributed by atoms with Crippen LogP contribution in [-0.2, 0) is 33.2 Å². The highest BCUT2D eigenvalue weighted by Gasteiger charge is 2.85. The SMILES string of the molecule is CC(=O)OC1CC23CC24CCC(OC2OCC(O)C(O)C2O)C(C)(C)C4C=CC3C2(C)CC3OC4(CC(C)C3C12C)OCC1(C)OC14. The highest BCUT2D eigenvalue weighted by atomic mass is 16.8. The fourth-order valence-corrected chi connectivity index (χ4v) is 13.8. The number of aliphatic hydroxyl groups is 3. The second-order valence-corrected chi connectivity index (χ2v) is 18.5. The first-order valence-corrected chi connectivity index (χ1v) is 18.1. The van der Waals surface area contributed by atoms with Crippen LogP contribution in [0, 0.1) is 50.7 Å². The standard InChI is InChI=1S/C37H54O10/c1-18-12-37(30-33(6,47-30)17-43-37)46-21-13-32(5)23-9-8-22-31(3,4)24(45-29-28(41)27(40)20(39)15-42-29)10-11-35(22)16-36(23,35)14-25(44-19(2)38)34(32,7)26(18)21/h8-9,18,20-30,39-41H,10-17H2,1-7H3. The Labute approximate surface area is 277 Å². The molecule has 3 spiro atoms. The Hall–Kier alpha value is -1.11. The van der Waals surface area contributed by atoms with Crippen LogP contribution < -0.4 is 0 Å². The number of epoxide rings is 1. The van der Waals surface area contributed by atoms with E-state index in [-0.39, 0.29) is 81.5 Å². The number of carbonyl (C=O) groups excluding carboxylic acids is 1. The minimum atomic E-state index is -1.31. The number of hydrogen-bond donors (Lipinski definition) is 3. The normalized spacial score (nSPS) is 62.4. The van der Waals surface area contributed by atoms with E-state index in [1.54, 1.807) is 6.92 Å². The largest absolute Gasteiger partial charge is 0.462 e. The number of carbonyl (C=O) groups is 1. The molecule has 10 nitrogen and oxygen atoms in total. The van der Waals surface area contributed by atoms with Crippen LogP contribution in [0.2, 0.25) is 0 Å². The maximum absolute atomic E-state index is 12.9. The summed E-state index contributed by atoms with van der Waals surface area (Å²) in [4.78, 5) is 12.9. The van der Waals surface area contributed by atoms with E-state index in [9.17, 15) is 20.1 Å². The van der Waals surface area contributed by atoms with E-state index < -0.39 is 30.4 Å². The molecule has 18 atom stereocenters. The smallest absolute Gasteiger partial charge is 0.302 e. The van der Waals surface area contributed by atoms with Gasteiger partial charge in [0.1, 0.15) is 36.1 Å². The van der Waals surface area contributed by atoms with Crippen LogP contribution in [0.5, 0.6) is 0 Å². The summed E-state index contributed by atoms with van der Waals surface area (Å²) in [6, 6.07) is 0. The molecule has 9 rings (SSSR count). The highest BCUT2D eigenvalue weighted by molar-refractivity contribution is 5.66. The predicted octanol–water partition coefficient (Wildman–Crippen LogP) is 3.49. The molecule has 4 aliphatic heterocycles. The minimum Gasteiger partial charge on any atom is -0.462 e. The van der Waals surface area contributed by atoms with Gasteiger partial charge in [-0.15, -0.1) is 0 Å². The average Bonchev–Trinajstić information content (AvgIpc) is 3.81. The highest BCUT2D eigenvalue weighted by Crippen LogP contribution is 2.88. The van der Waals surface area contributed by atoms with E-state index >= 15 is 0 Å². The summed E-state index contributed by atoms with van der Waals surface area (Å²) in [5.41, 5.74) is -0.901. The molecule has 262 valence electrons. The van der Waals surface area contributed by atoms with Gasteiger partial charge in [-0.25, -0.2) is 0 Å². The quantitative estimate of drug-likeness (QED) is 0.235. The third-order valence-electron chi connectivity index (χ3n) is 16.0. The molecule has 18 unspecified atom stereocenters. The third-order valence-corrected chi connectivity index (χ3v) is 16.0. The molecule has 0 aromatic carbocycles. The average molecular weight is 659 g/mol. The van der Waals surface area contributed by atoms with Gasteiger partial charge in [-0.2, -0.15) is 0 Å². The molecule has 4 saturated heterocycles. The monoisotopic (exact) mass is 658 g/mol. The molecule has 3 N–H and O–H groups in total. The minimum absolute atomic E-state index is 0.000639. The zero-order valence-electron chi connectivity index (χ0n) is 28.9. The lowest BCUT2D eigenvalue weighted by atomic mass is 9.42. The Kier molecular flexibility index (Phi) is 6.37. The molecule has 10 heteroatoms. The summed E-state index contributed by atoms with van der Waals surface area (Å²) >= 11 is 0. The van der Waals surface area contributed by atoms with Crippen molar-refractivity contribution in [2.45, 2.75) is 147 Å². The molecule has 0 bridgehead atoms. The van der Waals surface area contributed by atoms with E-state index in [4.69, 9.17) is 28.4 Å². The van der Waals surface area contributed by atoms with Crippen LogP contribution in [0.1, 0.15) is 87.0 Å². The Bertz CT molecular complexity index is 1400. The molecule has 9 aliphatic rings. The summed E-state index contributed by atoms with van der Waals surface area (Å²) in [5, 5.41) is 30.9. The molecule has 4 saturated carbocycles. The first kappa shape index (κ1) is 31.8. The second-order valence-electron chi connectivity index (χ2n) is 18.5. The van der Waals surface area contributed by atoms with Crippen molar-refractivity contribution >= 4 is 5.97 Å². The summed E-state index contributed by atoms with van der Waals surface area (Å²) in [6.45, 7) is 15.9. The Morgan fingerprint density at radius 3 is 2.34 bits per heavy atom. The molecule has 5 aliphatic carbocycles. The van der Waals surface area contributed by atoms with Gasteiger partial charge in [-0.1, -0.05) is 46.8 Å². The molecular weight excluding hydrogens is 604 g/mol. The number of aliphatic hydroxyl groups excluding tert-OH is 3. The van der Waals surface area contributed by atoms with Gasteiger partial charge in [-0.3, -0.25) is 4.79 Å². The lowest BCUT2D eigenvalue weighted by Gasteiger charge is -2.63. The first-order valence-electron chi connectivity index (χ1n) is 18.1. The molecular formula is C37H54O10. The van der Waals surface area contributed by atoms with Gasteiger partial charge >= 0.3 is 5.97 Å². The van der Waals surface area contributed by atoms with Crippen molar-refractivity contribution in [3.63, 3.8) is 0 Å². The number of ether oxygens (including phenoxy) is 6. The summed E-state index contributed by atoms with van der Waals surface area (Å²) in [5.74, 6) is 0.187. The lowest BCUT2D eigenvalue weighted by molar-refractivity contribution is -0.308. The van der Waals surface area contributed by atoms with Crippen LogP contribution in [0.4, 0.5) is 0 Å². The summed E-state index contributed by atoms with van der Waals surface area (Å²) in [6.07, 6.45) is 5.18. The fraction of sp³-hybridized carbons (Fsp3) is 0.919. The van der Waals surface area contributed by atoms with Gasteiger partial charge in [-0.05, 0) is 84.4 Å². The van der Waals surface area contributed by atoms with Crippen molar-refractivity contribution in [2.75, 3.05) is 13.2 Å². The van der Waals surface area contributed by atoms with Crippen LogP contribution >= 0.6 is 0 Å². The maximum Gasteiger partial charge on any atom is 0.302 e. The number of rotatable bonds is 3. The fourth-order valence-electron chi connectivity index (χ4n) is 13.8. The molecule has 0 aromatic heterocycles. The third kappa shape index (κ3) is 3.73. The molecule has 4 heterocycles. The first-order chi connectivity index (χ1) is 22.0. The summed E-state index contributed by atoms with van der Waals surface area (Å²) < 4.78 is 38.3. The molecule has 8 fully saturated rings. The number of hydrogen-bond acceptors (Lipinski definition) is 10. The topological polar surface area (TPSA) is 136 Å². The van der Waals surface area contributed by atoms with Crippen LogP contribution in [-0.4, -0.2) is 94.9 Å². The van der Waals surface area contributed by atoms with Gasteiger partial charge in [0.2, 0.25) is 0 Å². The maximum atomic E-state index is 12.9. The van der Waals surface area contributed by atoms with Crippen LogP contribution in [0.3, 0.4) is 0 Å². The molecule has 47 heavy (non-hydrogen) atoms. The Morgan fingerprint density at radius 1 is 0.915 bits per heavy atom. The van der Waals surface area contributed by atoms with E-state index in [1.165, 1.54) is 0 Å². The van der Waals surface area contributed by atoms with Gasteiger partial charge < -0.3 is 43.7 Å². The van der Waals surface area contributed by atoms with Gasteiger partial charge in [0, 0.05) is 18.8 Å². The van der Waals surface area contributed by atoms with E-state index in [1.807, 2.05) is 0 Å². The van der Waals surface area contributed by atoms with Crippen LogP contribution in [0.25, 0.3) is 0 Å². The van der Waals surface area contributed by atoms with E-state index in [0.29, 0.717) is 18.4 Å². The van der Waals surface area contributed by atoms with Gasteiger partial charge in [0.15, 0.2) is 12.1 Å². The van der Waals surface area contributed by atoms with Gasteiger partial charge in [0.05, 0.1) is 25.4 Å². The van der Waals surface area contributed by atoms with Crippen molar-refractivity contribution in [1.82, 2.24) is 0 Å². The lowest BCUT2D eigenvalue weighted by Crippen LogP contribution is -2.63. The second kappa shape index (κ2) is 9.40. The molecule has 0 aromatic rings. The van der Waals surface area contributed by atoms with Crippen molar-refractivity contribution in [3.05, 3.63) is 12.2 Å². The zero-order chi connectivity index (χ0) is 33.3. The van der Waals surface area contributed by atoms with E-state index in [0.717, 1.165) is 38.5 Å². The number of esters is 1. The zero-order valence-corrected chi connectivity index (χ0v) is 28.9. The Balaban J connectivity index is 1.05. The number of allylic oxidation sites excluding steroid dienone is 2. The van der Waals surface area contributed by atoms with Crippen LogP contribution in [0.15, 0.2) is 12.2 Å². The molecule has 0 amide bonds. The van der Waals surface area contributed by atoms with Gasteiger partial charge in [0.25, 0.3) is 0 Å². The van der Waals surface area contributed by atoms with Crippen molar-refractivity contribution < 1.29 is 48.5 Å². The van der Waals surface area contributed by atoms with Crippen molar-refractivity contribution in [2.24, 2.45) is 50.7 Å². The Morgan fingerprint density at radius 2 is 1.66 bits per heavy atom. The summed E-state index contributed by atoms with van der Waals surface area (Å²) in [7, 11) is 0. The van der Waals surface area contributed by atoms with Crippen molar-refractivity contribution in [3.8, 4) is 0 Å². The number of fused-ring (bicyclic) bond motifs is 6. The van der Waals surface area contributed by atoms with Crippen molar-refractivity contribution in [1.29, 1.82) is 0 Å². The van der Waals surface area contributed by atoms with E-state index in [2.05, 4.69) is 53.7 Å². The molecule has 0 radical (unpaired) electrons.